The van der Waals surface area contributed by atoms with Crippen LogP contribution in [0.4, 0.5) is 5.69 Å². The van der Waals surface area contributed by atoms with Crippen molar-refractivity contribution in [3.05, 3.63) is 94.1 Å². The van der Waals surface area contributed by atoms with E-state index in [-0.39, 0.29) is 10.6 Å². The number of halogens is 1. The molecule has 0 bridgehead atoms. The highest BCUT2D eigenvalue weighted by molar-refractivity contribution is 6.36. The van der Waals surface area contributed by atoms with E-state index in [1.165, 1.54) is 6.07 Å². The molecule has 0 atom stereocenters. The van der Waals surface area contributed by atoms with Crippen molar-refractivity contribution in [2.45, 2.75) is 0 Å². The summed E-state index contributed by atoms with van der Waals surface area (Å²) in [6, 6.07) is 22.2. The average molecular weight is 349 g/mol. The molecule has 1 aromatic heterocycles. The lowest BCUT2D eigenvalue weighted by molar-refractivity contribution is -0.384. The van der Waals surface area contributed by atoms with E-state index in [4.69, 9.17) is 11.6 Å². The maximum absolute atomic E-state index is 11.5. The molecule has 0 aliphatic rings. The van der Waals surface area contributed by atoms with Crippen LogP contribution in [0.25, 0.3) is 27.7 Å². The van der Waals surface area contributed by atoms with Crippen LogP contribution >= 0.6 is 11.6 Å². The van der Waals surface area contributed by atoms with Crippen LogP contribution in [-0.4, -0.2) is 9.49 Å². The van der Waals surface area contributed by atoms with Crippen molar-refractivity contribution in [3.63, 3.8) is 0 Å². The Morgan fingerprint density at radius 2 is 1.56 bits per heavy atom. The van der Waals surface area contributed by atoms with Crippen LogP contribution in [0.2, 0.25) is 5.02 Å². The minimum absolute atomic E-state index is 0.0759. The summed E-state index contributed by atoms with van der Waals surface area (Å²) >= 11 is 6.37. The van der Waals surface area contributed by atoms with Crippen LogP contribution in [0.1, 0.15) is 0 Å². The molecule has 0 aliphatic carbocycles. The highest BCUT2D eigenvalue weighted by Crippen LogP contribution is 2.38. The van der Waals surface area contributed by atoms with E-state index in [1.807, 2.05) is 53.2 Å². The SMILES string of the molecule is O=[N+]([O-])c1ccccc1-c1ccc(Cl)c2ccn(-c3ccccc3)c12. The van der Waals surface area contributed by atoms with Gasteiger partial charge in [0.15, 0.2) is 0 Å². The van der Waals surface area contributed by atoms with Crippen LogP contribution in [0.5, 0.6) is 0 Å². The average Bonchev–Trinajstić information content (AvgIpc) is 3.09. The van der Waals surface area contributed by atoms with Crippen LogP contribution < -0.4 is 0 Å². The maximum Gasteiger partial charge on any atom is 0.277 e. The van der Waals surface area contributed by atoms with Gasteiger partial charge in [-0.3, -0.25) is 10.1 Å². The van der Waals surface area contributed by atoms with Gasteiger partial charge in [0.25, 0.3) is 5.69 Å². The van der Waals surface area contributed by atoms with E-state index in [0.29, 0.717) is 10.6 Å². The molecule has 0 saturated heterocycles. The monoisotopic (exact) mass is 348 g/mol. The molecule has 3 aromatic carbocycles. The predicted octanol–water partition coefficient (Wildman–Crippen LogP) is 5.86. The van der Waals surface area contributed by atoms with Gasteiger partial charge in [0, 0.05) is 33.9 Å². The first-order valence-corrected chi connectivity index (χ1v) is 8.13. The molecule has 0 saturated carbocycles. The van der Waals surface area contributed by atoms with Crippen LogP contribution in [0, 0.1) is 10.1 Å². The van der Waals surface area contributed by atoms with Gasteiger partial charge in [-0.05, 0) is 30.3 Å². The van der Waals surface area contributed by atoms with E-state index in [0.717, 1.165) is 22.2 Å². The number of nitrogens with zero attached hydrogens (tertiary/aromatic N) is 2. The highest BCUT2D eigenvalue weighted by atomic mass is 35.5. The summed E-state index contributed by atoms with van der Waals surface area (Å²) in [5, 5.41) is 12.9. The fourth-order valence-electron chi connectivity index (χ4n) is 3.11. The van der Waals surface area contributed by atoms with Crippen molar-refractivity contribution in [2.75, 3.05) is 0 Å². The summed E-state index contributed by atoms with van der Waals surface area (Å²) in [5.41, 5.74) is 3.25. The molecule has 25 heavy (non-hydrogen) atoms. The zero-order chi connectivity index (χ0) is 17.4. The number of rotatable bonds is 3. The van der Waals surface area contributed by atoms with E-state index in [1.54, 1.807) is 24.3 Å². The Hall–Kier alpha value is -3.11. The smallest absolute Gasteiger partial charge is 0.277 e. The first kappa shape index (κ1) is 15.4. The van der Waals surface area contributed by atoms with Gasteiger partial charge in [-0.1, -0.05) is 48.0 Å². The van der Waals surface area contributed by atoms with Crippen molar-refractivity contribution in [2.24, 2.45) is 0 Å². The molecule has 0 N–H and O–H groups in total. The lowest BCUT2D eigenvalue weighted by atomic mass is 10.0. The maximum atomic E-state index is 11.5. The van der Waals surface area contributed by atoms with Crippen LogP contribution in [0.15, 0.2) is 79.0 Å². The molecule has 4 aromatic rings. The van der Waals surface area contributed by atoms with Crippen molar-refractivity contribution in [1.82, 2.24) is 4.57 Å². The number of nitro groups is 1. The minimum atomic E-state index is -0.356. The zero-order valence-electron chi connectivity index (χ0n) is 13.1. The second-order valence-corrected chi connectivity index (χ2v) is 6.06. The molecule has 5 heteroatoms. The lowest BCUT2D eigenvalue weighted by Crippen LogP contribution is -1.96. The third-order valence-electron chi connectivity index (χ3n) is 4.22. The number of fused-ring (bicyclic) bond motifs is 1. The largest absolute Gasteiger partial charge is 0.316 e. The molecule has 4 rings (SSSR count). The van der Waals surface area contributed by atoms with Gasteiger partial charge >= 0.3 is 0 Å². The quantitative estimate of drug-likeness (QED) is 0.344. The summed E-state index contributed by atoms with van der Waals surface area (Å²) in [5.74, 6) is 0. The van der Waals surface area contributed by atoms with E-state index in [2.05, 4.69) is 0 Å². The Balaban J connectivity index is 2.08. The van der Waals surface area contributed by atoms with Crippen molar-refractivity contribution < 1.29 is 4.92 Å². The number of hydrogen-bond donors (Lipinski definition) is 0. The Morgan fingerprint density at radius 3 is 2.32 bits per heavy atom. The van der Waals surface area contributed by atoms with Gasteiger partial charge in [-0.15, -0.1) is 0 Å². The molecule has 0 amide bonds. The minimum Gasteiger partial charge on any atom is -0.316 e. The fraction of sp³-hybridized carbons (Fsp3) is 0. The summed E-state index contributed by atoms with van der Waals surface area (Å²) in [6.45, 7) is 0. The van der Waals surface area contributed by atoms with Gasteiger partial charge in [0.05, 0.1) is 16.0 Å². The fourth-order valence-corrected chi connectivity index (χ4v) is 3.32. The van der Waals surface area contributed by atoms with E-state index in [9.17, 15) is 10.1 Å². The first-order chi connectivity index (χ1) is 12.2. The van der Waals surface area contributed by atoms with Crippen LogP contribution in [0.3, 0.4) is 0 Å². The summed E-state index contributed by atoms with van der Waals surface area (Å²) in [7, 11) is 0. The van der Waals surface area contributed by atoms with Gasteiger partial charge in [-0.2, -0.15) is 0 Å². The number of para-hydroxylation sites is 2. The molecular formula is C20H13ClN2O2. The molecule has 0 unspecified atom stereocenters. The molecule has 122 valence electrons. The molecule has 1 heterocycles. The number of benzene rings is 3. The second kappa shape index (κ2) is 6.07. The van der Waals surface area contributed by atoms with Gasteiger partial charge in [0.1, 0.15) is 0 Å². The van der Waals surface area contributed by atoms with Crippen molar-refractivity contribution >= 4 is 28.2 Å². The van der Waals surface area contributed by atoms with Gasteiger partial charge in [-0.25, -0.2) is 0 Å². The molecule has 0 fully saturated rings. The zero-order valence-corrected chi connectivity index (χ0v) is 13.9. The Kier molecular flexibility index (Phi) is 3.75. The van der Waals surface area contributed by atoms with E-state index < -0.39 is 0 Å². The molecular weight excluding hydrogens is 336 g/mol. The van der Waals surface area contributed by atoms with Gasteiger partial charge in [0.2, 0.25) is 0 Å². The predicted molar refractivity (Wildman–Crippen MR) is 100 cm³/mol. The summed E-state index contributed by atoms with van der Waals surface area (Å²) in [4.78, 5) is 11.1. The number of hydrogen-bond acceptors (Lipinski definition) is 2. The molecule has 0 aliphatic heterocycles. The molecule has 0 radical (unpaired) electrons. The van der Waals surface area contributed by atoms with Crippen molar-refractivity contribution in [3.8, 4) is 16.8 Å². The summed E-state index contributed by atoms with van der Waals surface area (Å²) in [6.07, 6.45) is 1.93. The highest BCUT2D eigenvalue weighted by Gasteiger charge is 2.19. The van der Waals surface area contributed by atoms with Gasteiger partial charge < -0.3 is 4.57 Å². The van der Waals surface area contributed by atoms with E-state index >= 15 is 0 Å². The third-order valence-corrected chi connectivity index (χ3v) is 4.55. The summed E-state index contributed by atoms with van der Waals surface area (Å²) < 4.78 is 2.01. The normalized spacial score (nSPS) is 10.9. The van der Waals surface area contributed by atoms with Crippen LogP contribution in [-0.2, 0) is 0 Å². The molecule has 0 spiro atoms. The second-order valence-electron chi connectivity index (χ2n) is 5.65. The Labute approximate surface area is 149 Å². The number of aromatic nitrogens is 1. The molecule has 4 nitrogen and oxygen atoms in total. The number of nitro benzene ring substituents is 1. The Morgan fingerprint density at radius 1 is 0.840 bits per heavy atom. The standard InChI is InChI=1S/C20H13ClN2O2/c21-18-11-10-16(15-8-4-5-9-19(15)23(24)25)20-17(18)12-13-22(20)14-6-2-1-3-7-14/h1-13H. The Bertz CT molecular complexity index is 1090. The topological polar surface area (TPSA) is 48.1 Å². The lowest BCUT2D eigenvalue weighted by Gasteiger charge is -2.11. The third kappa shape index (κ3) is 2.57. The van der Waals surface area contributed by atoms with Crippen molar-refractivity contribution in [1.29, 1.82) is 0 Å². The first-order valence-electron chi connectivity index (χ1n) is 7.75.